The van der Waals surface area contributed by atoms with E-state index in [9.17, 15) is 0 Å². The normalized spacial score (nSPS) is 35.2. The first-order chi connectivity index (χ1) is 5.84. The molecule has 1 N–H and O–H groups in total. The van der Waals surface area contributed by atoms with Crippen molar-refractivity contribution in [2.75, 3.05) is 18.1 Å². The second-order valence-electron chi connectivity index (χ2n) is 3.28. The van der Waals surface area contributed by atoms with Gasteiger partial charge in [0.15, 0.2) is 5.17 Å². The standard InChI is InChI=1S/C8H14N2S2/c1-6-4-9-8(12-6)10-7-2-3-11-5-7/h6-7H,2-5H2,1H3,(H,9,10). The SMILES string of the molecule is CC1CN=C(NC2CCSC2)S1. The maximum atomic E-state index is 4.44. The van der Waals surface area contributed by atoms with E-state index in [4.69, 9.17) is 0 Å². The fourth-order valence-corrected chi connectivity index (χ4v) is 3.45. The zero-order valence-corrected chi connectivity index (χ0v) is 8.88. The first-order valence-electron chi connectivity index (χ1n) is 4.40. The molecule has 0 bridgehead atoms. The Kier molecular flexibility index (Phi) is 2.86. The van der Waals surface area contributed by atoms with Crippen LogP contribution in [-0.4, -0.2) is 34.5 Å². The Bertz CT molecular complexity index is 187. The van der Waals surface area contributed by atoms with E-state index >= 15 is 0 Å². The van der Waals surface area contributed by atoms with Crippen molar-refractivity contribution in [3.8, 4) is 0 Å². The van der Waals surface area contributed by atoms with Gasteiger partial charge in [-0.1, -0.05) is 18.7 Å². The molecule has 0 aromatic heterocycles. The Hall–Kier alpha value is 0.170. The highest BCUT2D eigenvalue weighted by Gasteiger charge is 2.20. The maximum Gasteiger partial charge on any atom is 0.157 e. The number of hydrogen-bond acceptors (Lipinski definition) is 4. The molecular formula is C8H14N2S2. The van der Waals surface area contributed by atoms with Crippen molar-refractivity contribution >= 4 is 28.7 Å². The number of aliphatic imine (C=N–C) groups is 1. The molecule has 0 aromatic rings. The number of amidine groups is 1. The molecule has 2 unspecified atom stereocenters. The van der Waals surface area contributed by atoms with E-state index in [2.05, 4.69) is 17.2 Å². The van der Waals surface area contributed by atoms with E-state index in [-0.39, 0.29) is 0 Å². The van der Waals surface area contributed by atoms with Crippen LogP contribution in [0, 0.1) is 0 Å². The first-order valence-corrected chi connectivity index (χ1v) is 6.43. The topological polar surface area (TPSA) is 24.4 Å². The fraction of sp³-hybridized carbons (Fsp3) is 0.875. The molecule has 2 aliphatic rings. The Morgan fingerprint density at radius 2 is 2.50 bits per heavy atom. The predicted octanol–water partition coefficient (Wildman–Crippen LogP) is 1.57. The third kappa shape index (κ3) is 2.10. The van der Waals surface area contributed by atoms with E-state index < -0.39 is 0 Å². The van der Waals surface area contributed by atoms with Crippen molar-refractivity contribution in [1.82, 2.24) is 5.32 Å². The second kappa shape index (κ2) is 3.92. The van der Waals surface area contributed by atoms with Gasteiger partial charge in [-0.25, -0.2) is 0 Å². The lowest BCUT2D eigenvalue weighted by molar-refractivity contribution is 0.683. The predicted molar refractivity (Wildman–Crippen MR) is 58.2 cm³/mol. The van der Waals surface area contributed by atoms with Gasteiger partial charge in [-0.15, -0.1) is 0 Å². The molecule has 0 spiro atoms. The highest BCUT2D eigenvalue weighted by atomic mass is 32.2. The van der Waals surface area contributed by atoms with Crippen LogP contribution in [0.15, 0.2) is 4.99 Å². The molecule has 0 aromatic carbocycles. The highest BCUT2D eigenvalue weighted by Crippen LogP contribution is 2.22. The van der Waals surface area contributed by atoms with Gasteiger partial charge >= 0.3 is 0 Å². The maximum absolute atomic E-state index is 4.44. The van der Waals surface area contributed by atoms with Crippen LogP contribution in [0.25, 0.3) is 0 Å². The first kappa shape index (κ1) is 8.75. The van der Waals surface area contributed by atoms with Gasteiger partial charge in [0, 0.05) is 17.0 Å². The van der Waals surface area contributed by atoms with Crippen molar-refractivity contribution in [1.29, 1.82) is 0 Å². The van der Waals surface area contributed by atoms with Crippen molar-refractivity contribution in [3.63, 3.8) is 0 Å². The molecule has 2 heterocycles. The van der Waals surface area contributed by atoms with Crippen LogP contribution in [0.1, 0.15) is 13.3 Å². The smallest absolute Gasteiger partial charge is 0.157 e. The summed E-state index contributed by atoms with van der Waals surface area (Å²) in [7, 11) is 0. The fourth-order valence-electron chi connectivity index (χ4n) is 1.38. The molecule has 0 saturated carbocycles. The molecule has 0 amide bonds. The van der Waals surface area contributed by atoms with E-state index in [1.165, 1.54) is 23.1 Å². The monoisotopic (exact) mass is 202 g/mol. The van der Waals surface area contributed by atoms with Crippen LogP contribution < -0.4 is 5.32 Å². The molecule has 0 aliphatic carbocycles. The molecule has 0 radical (unpaired) electrons. The van der Waals surface area contributed by atoms with Crippen molar-refractivity contribution in [2.45, 2.75) is 24.6 Å². The van der Waals surface area contributed by atoms with E-state index in [1.54, 1.807) is 0 Å². The van der Waals surface area contributed by atoms with E-state index in [0.29, 0.717) is 11.3 Å². The van der Waals surface area contributed by atoms with Gasteiger partial charge < -0.3 is 5.32 Å². The zero-order valence-electron chi connectivity index (χ0n) is 7.25. The minimum atomic E-state index is 0.682. The van der Waals surface area contributed by atoms with E-state index in [1.807, 2.05) is 23.5 Å². The lowest BCUT2D eigenvalue weighted by Crippen LogP contribution is -2.32. The third-order valence-electron chi connectivity index (χ3n) is 2.06. The van der Waals surface area contributed by atoms with Gasteiger partial charge in [0.25, 0.3) is 0 Å². The van der Waals surface area contributed by atoms with Crippen LogP contribution in [0.5, 0.6) is 0 Å². The molecule has 2 rings (SSSR count). The Balaban J connectivity index is 1.79. The van der Waals surface area contributed by atoms with Gasteiger partial charge in [-0.3, -0.25) is 4.99 Å². The van der Waals surface area contributed by atoms with Gasteiger partial charge in [0.05, 0.1) is 6.54 Å². The summed E-state index contributed by atoms with van der Waals surface area (Å²) in [5.41, 5.74) is 0. The van der Waals surface area contributed by atoms with Crippen LogP contribution in [0.4, 0.5) is 0 Å². The summed E-state index contributed by atoms with van der Waals surface area (Å²) in [5, 5.41) is 5.36. The van der Waals surface area contributed by atoms with Crippen molar-refractivity contribution < 1.29 is 0 Å². The lowest BCUT2D eigenvalue weighted by atomic mass is 10.3. The van der Waals surface area contributed by atoms with Gasteiger partial charge in [0.2, 0.25) is 0 Å². The summed E-state index contributed by atoms with van der Waals surface area (Å²) < 4.78 is 0. The Morgan fingerprint density at radius 1 is 1.58 bits per heavy atom. The Labute approximate surface area is 82.0 Å². The quantitative estimate of drug-likeness (QED) is 0.698. The molecule has 2 nitrogen and oxygen atoms in total. The van der Waals surface area contributed by atoms with Crippen molar-refractivity contribution in [2.24, 2.45) is 4.99 Å². The van der Waals surface area contributed by atoms with Gasteiger partial charge in [0.1, 0.15) is 0 Å². The molecule has 2 aliphatic heterocycles. The van der Waals surface area contributed by atoms with Crippen LogP contribution >= 0.6 is 23.5 Å². The number of thioether (sulfide) groups is 2. The molecular weight excluding hydrogens is 188 g/mol. The summed E-state index contributed by atoms with van der Waals surface area (Å²) in [4.78, 5) is 4.44. The van der Waals surface area contributed by atoms with E-state index in [0.717, 1.165) is 6.54 Å². The number of hydrogen-bond donors (Lipinski definition) is 1. The minimum absolute atomic E-state index is 0.682. The molecule has 4 heteroatoms. The summed E-state index contributed by atoms with van der Waals surface area (Å²) in [6.45, 7) is 3.22. The molecule has 1 saturated heterocycles. The van der Waals surface area contributed by atoms with Crippen LogP contribution in [-0.2, 0) is 0 Å². The molecule has 12 heavy (non-hydrogen) atoms. The lowest BCUT2D eigenvalue weighted by Gasteiger charge is -2.11. The Morgan fingerprint density at radius 3 is 3.08 bits per heavy atom. The average molecular weight is 202 g/mol. The average Bonchev–Trinajstić information content (AvgIpc) is 2.63. The van der Waals surface area contributed by atoms with Crippen LogP contribution in [0.2, 0.25) is 0 Å². The minimum Gasteiger partial charge on any atom is -0.361 e. The van der Waals surface area contributed by atoms with Gasteiger partial charge in [-0.05, 0) is 12.2 Å². The second-order valence-corrected chi connectivity index (χ2v) is 5.86. The summed E-state index contributed by atoms with van der Waals surface area (Å²) >= 11 is 3.92. The highest BCUT2D eigenvalue weighted by molar-refractivity contribution is 8.14. The van der Waals surface area contributed by atoms with Crippen LogP contribution in [0.3, 0.4) is 0 Å². The zero-order chi connectivity index (χ0) is 8.39. The largest absolute Gasteiger partial charge is 0.361 e. The molecule has 68 valence electrons. The summed E-state index contributed by atoms with van der Waals surface area (Å²) in [5.74, 6) is 2.57. The number of nitrogens with one attached hydrogen (secondary N) is 1. The van der Waals surface area contributed by atoms with Crippen molar-refractivity contribution in [3.05, 3.63) is 0 Å². The summed E-state index contributed by atoms with van der Waals surface area (Å²) in [6, 6.07) is 0.687. The van der Waals surface area contributed by atoms with Gasteiger partial charge in [-0.2, -0.15) is 11.8 Å². The number of rotatable bonds is 1. The summed E-state index contributed by atoms with van der Waals surface area (Å²) in [6.07, 6.45) is 1.30. The number of nitrogens with zero attached hydrogens (tertiary/aromatic N) is 1. The molecule has 2 atom stereocenters. The molecule has 1 fully saturated rings. The third-order valence-corrected chi connectivity index (χ3v) is 4.25.